The van der Waals surface area contributed by atoms with Gasteiger partial charge < -0.3 is 5.32 Å². The molecule has 1 aliphatic carbocycles. The zero-order chi connectivity index (χ0) is 17.0. The lowest BCUT2D eigenvalue weighted by atomic mass is 10.2. The Morgan fingerprint density at radius 2 is 2.22 bits per heavy atom. The average molecular weight is 369 g/mol. The van der Waals surface area contributed by atoms with Crippen LogP contribution in [0.25, 0.3) is 0 Å². The lowest BCUT2D eigenvalue weighted by Gasteiger charge is -2.13. The number of alkyl halides is 3. The van der Waals surface area contributed by atoms with Crippen molar-refractivity contribution >= 4 is 34.9 Å². The highest BCUT2D eigenvalue weighted by Gasteiger charge is 2.28. The summed E-state index contributed by atoms with van der Waals surface area (Å²) in [5.74, 6) is -0.374. The number of halogens is 4. The summed E-state index contributed by atoms with van der Waals surface area (Å²) in [5.41, 5.74) is -0.480. The maximum atomic E-state index is 12.2. The zero-order valence-electron chi connectivity index (χ0n) is 11.6. The predicted octanol–water partition coefficient (Wildman–Crippen LogP) is 4.21. The number of anilines is 1. The van der Waals surface area contributed by atoms with E-state index in [0.29, 0.717) is 0 Å². The molecule has 1 aliphatic rings. The van der Waals surface area contributed by atoms with Crippen molar-refractivity contribution in [3.8, 4) is 0 Å². The van der Waals surface area contributed by atoms with Gasteiger partial charge in [-0.05, 0) is 12.8 Å². The molecule has 1 N–H and O–H groups in total. The van der Waals surface area contributed by atoms with Gasteiger partial charge in [0.05, 0.1) is 11.3 Å². The normalized spacial score (nSPS) is 17.5. The second-order valence-corrected chi connectivity index (χ2v) is 6.14. The van der Waals surface area contributed by atoms with Crippen LogP contribution in [0.4, 0.5) is 24.7 Å². The second-order valence-electron chi connectivity index (χ2n) is 4.72. The van der Waals surface area contributed by atoms with Crippen LogP contribution in [0.1, 0.15) is 19.3 Å². The predicted molar refractivity (Wildman–Crippen MR) is 80.9 cm³/mol. The standard InChI is InChI=1S/C12H12ClF3N4O2S/c13-9-8(20(21)22)10(17-7-3-1-2-4-7)19-11(18-9)23-6-5-12(14,15)16/h1,3,7H,2,4-6H2,(H,17,18,19). The van der Waals surface area contributed by atoms with Gasteiger partial charge in [0.1, 0.15) is 0 Å². The molecular weight excluding hydrogens is 357 g/mol. The van der Waals surface area contributed by atoms with Crippen LogP contribution in [-0.4, -0.2) is 32.9 Å². The number of hydrogen-bond donors (Lipinski definition) is 1. The summed E-state index contributed by atoms with van der Waals surface area (Å²) < 4.78 is 36.5. The molecule has 126 valence electrons. The maximum absolute atomic E-state index is 12.2. The molecule has 1 unspecified atom stereocenters. The molecule has 0 saturated heterocycles. The molecule has 2 rings (SSSR count). The number of nitro groups is 1. The molecule has 0 amide bonds. The summed E-state index contributed by atoms with van der Waals surface area (Å²) in [7, 11) is 0. The SMILES string of the molecule is O=[N+]([O-])c1c(Cl)nc(SCCC(F)(F)F)nc1NC1C=CCC1. The minimum absolute atomic E-state index is 0.0330. The summed E-state index contributed by atoms with van der Waals surface area (Å²) in [5, 5.41) is 13.5. The fraction of sp³-hybridized carbons (Fsp3) is 0.500. The van der Waals surface area contributed by atoms with Crippen LogP contribution >= 0.6 is 23.4 Å². The van der Waals surface area contributed by atoms with E-state index in [9.17, 15) is 23.3 Å². The van der Waals surface area contributed by atoms with E-state index >= 15 is 0 Å². The molecule has 0 spiro atoms. The molecule has 0 fully saturated rings. The van der Waals surface area contributed by atoms with Crippen molar-refractivity contribution in [2.45, 2.75) is 36.6 Å². The van der Waals surface area contributed by atoms with Crippen molar-refractivity contribution in [3.63, 3.8) is 0 Å². The van der Waals surface area contributed by atoms with E-state index in [2.05, 4.69) is 15.3 Å². The van der Waals surface area contributed by atoms with Crippen molar-refractivity contribution in [2.24, 2.45) is 0 Å². The van der Waals surface area contributed by atoms with Gasteiger partial charge in [-0.3, -0.25) is 10.1 Å². The van der Waals surface area contributed by atoms with Gasteiger partial charge >= 0.3 is 11.9 Å². The number of nitrogens with zero attached hydrogens (tertiary/aromatic N) is 3. The molecule has 11 heteroatoms. The Labute approximate surface area is 138 Å². The molecule has 0 saturated carbocycles. The zero-order valence-corrected chi connectivity index (χ0v) is 13.2. The van der Waals surface area contributed by atoms with Crippen molar-refractivity contribution in [2.75, 3.05) is 11.1 Å². The topological polar surface area (TPSA) is 81.0 Å². The molecule has 0 bridgehead atoms. The minimum atomic E-state index is -4.28. The Morgan fingerprint density at radius 3 is 2.78 bits per heavy atom. The molecule has 1 aromatic heterocycles. The minimum Gasteiger partial charge on any atom is -0.358 e. The summed E-state index contributed by atoms with van der Waals surface area (Å²) >= 11 is 6.54. The first-order valence-corrected chi connectivity index (χ1v) is 7.97. The van der Waals surface area contributed by atoms with Crippen LogP contribution in [0.5, 0.6) is 0 Å². The third-order valence-corrected chi connectivity index (χ3v) is 4.07. The number of allylic oxidation sites excluding steroid dienone is 1. The molecule has 6 nitrogen and oxygen atoms in total. The first-order chi connectivity index (χ1) is 10.8. The van der Waals surface area contributed by atoms with Crippen LogP contribution in [0.2, 0.25) is 5.15 Å². The fourth-order valence-corrected chi connectivity index (χ4v) is 3.04. The number of rotatable bonds is 6. The third kappa shape index (κ3) is 5.24. The molecule has 0 radical (unpaired) electrons. The lowest BCUT2D eigenvalue weighted by Crippen LogP contribution is -2.17. The van der Waals surface area contributed by atoms with Crippen LogP contribution < -0.4 is 5.32 Å². The quantitative estimate of drug-likeness (QED) is 0.202. The first-order valence-electron chi connectivity index (χ1n) is 6.61. The van der Waals surface area contributed by atoms with Gasteiger partial charge in [-0.1, -0.05) is 35.5 Å². The average Bonchev–Trinajstić information content (AvgIpc) is 2.89. The highest BCUT2D eigenvalue weighted by Crippen LogP contribution is 2.34. The highest BCUT2D eigenvalue weighted by atomic mass is 35.5. The molecular formula is C12H12ClF3N4O2S. The molecule has 1 atom stereocenters. The monoisotopic (exact) mass is 368 g/mol. The number of aromatic nitrogens is 2. The Hall–Kier alpha value is -1.55. The van der Waals surface area contributed by atoms with Crippen LogP contribution in [0, 0.1) is 10.1 Å². The molecule has 1 aromatic rings. The first kappa shape index (κ1) is 17.8. The third-order valence-electron chi connectivity index (χ3n) is 2.96. The molecule has 0 aromatic carbocycles. The highest BCUT2D eigenvalue weighted by molar-refractivity contribution is 7.99. The van der Waals surface area contributed by atoms with Crippen molar-refractivity contribution in [1.29, 1.82) is 0 Å². The molecule has 1 heterocycles. The number of nitrogens with one attached hydrogen (secondary N) is 1. The summed E-state index contributed by atoms with van der Waals surface area (Å²) in [6.07, 6.45) is 0.0470. The summed E-state index contributed by atoms with van der Waals surface area (Å²) in [4.78, 5) is 18.0. The number of hydrogen-bond acceptors (Lipinski definition) is 6. The largest absolute Gasteiger partial charge is 0.389 e. The summed E-state index contributed by atoms with van der Waals surface area (Å²) in [6.45, 7) is 0. The van der Waals surface area contributed by atoms with E-state index < -0.39 is 28.4 Å². The molecule has 23 heavy (non-hydrogen) atoms. The van der Waals surface area contributed by atoms with Gasteiger partial charge in [-0.25, -0.2) is 4.98 Å². The van der Waals surface area contributed by atoms with Gasteiger partial charge in [0.15, 0.2) is 5.16 Å². The number of thioether (sulfide) groups is 1. The van der Waals surface area contributed by atoms with Crippen molar-refractivity contribution in [1.82, 2.24) is 9.97 Å². The van der Waals surface area contributed by atoms with Crippen molar-refractivity contribution < 1.29 is 18.1 Å². The summed E-state index contributed by atoms with van der Waals surface area (Å²) in [6, 6.07) is -0.132. The van der Waals surface area contributed by atoms with E-state index in [0.717, 1.165) is 24.6 Å². The molecule has 0 aliphatic heterocycles. The van der Waals surface area contributed by atoms with Gasteiger partial charge in [0, 0.05) is 11.8 Å². The van der Waals surface area contributed by atoms with E-state index in [1.54, 1.807) is 0 Å². The Morgan fingerprint density at radius 1 is 1.48 bits per heavy atom. The van der Waals surface area contributed by atoms with Gasteiger partial charge in [0.25, 0.3) is 0 Å². The van der Waals surface area contributed by atoms with E-state index in [4.69, 9.17) is 11.6 Å². The van der Waals surface area contributed by atoms with Crippen molar-refractivity contribution in [3.05, 3.63) is 27.4 Å². The Bertz CT molecular complexity index is 627. The van der Waals surface area contributed by atoms with Gasteiger partial charge in [-0.15, -0.1) is 0 Å². The Balaban J connectivity index is 2.18. The lowest BCUT2D eigenvalue weighted by molar-refractivity contribution is -0.384. The van der Waals surface area contributed by atoms with Gasteiger partial charge in [0.2, 0.25) is 11.0 Å². The fourth-order valence-electron chi connectivity index (χ4n) is 1.92. The maximum Gasteiger partial charge on any atom is 0.389 e. The van der Waals surface area contributed by atoms with Crippen LogP contribution in [0.15, 0.2) is 17.3 Å². The van der Waals surface area contributed by atoms with E-state index in [-0.39, 0.29) is 22.8 Å². The van der Waals surface area contributed by atoms with Gasteiger partial charge in [-0.2, -0.15) is 18.2 Å². The smallest absolute Gasteiger partial charge is 0.358 e. The van der Waals surface area contributed by atoms with Crippen LogP contribution in [-0.2, 0) is 0 Å². The van der Waals surface area contributed by atoms with E-state index in [1.807, 2.05) is 12.2 Å². The Kier molecular flexibility index (Phi) is 5.69. The second kappa shape index (κ2) is 7.35. The van der Waals surface area contributed by atoms with E-state index in [1.165, 1.54) is 0 Å². The van der Waals surface area contributed by atoms with Crippen LogP contribution in [0.3, 0.4) is 0 Å².